The van der Waals surface area contributed by atoms with Crippen LogP contribution in [0.5, 0.6) is 0 Å². The van der Waals surface area contributed by atoms with Gasteiger partial charge in [-0.25, -0.2) is 0 Å². The third kappa shape index (κ3) is 4.35. The van der Waals surface area contributed by atoms with Gasteiger partial charge in [-0.15, -0.1) is 0 Å². The summed E-state index contributed by atoms with van der Waals surface area (Å²) in [6, 6.07) is 10.2. The van der Waals surface area contributed by atoms with Gasteiger partial charge in [0, 0.05) is 45.1 Å². The van der Waals surface area contributed by atoms with Crippen LogP contribution in [0.15, 0.2) is 30.3 Å². The number of benzene rings is 1. The van der Waals surface area contributed by atoms with E-state index in [-0.39, 0.29) is 17.9 Å². The van der Waals surface area contributed by atoms with Crippen molar-refractivity contribution in [1.29, 1.82) is 0 Å². The summed E-state index contributed by atoms with van der Waals surface area (Å²) in [6.45, 7) is 4.95. The summed E-state index contributed by atoms with van der Waals surface area (Å²) in [4.78, 5) is 14.5. The van der Waals surface area contributed by atoms with Crippen LogP contribution in [0, 0.1) is 11.8 Å². The van der Waals surface area contributed by atoms with Gasteiger partial charge < -0.3 is 19.7 Å². The predicted octanol–water partition coefficient (Wildman–Crippen LogP) is 1.68. The molecule has 2 aliphatic heterocycles. The van der Waals surface area contributed by atoms with E-state index in [2.05, 4.69) is 22.3 Å². The van der Waals surface area contributed by atoms with Gasteiger partial charge in [-0.05, 0) is 18.4 Å². The zero-order chi connectivity index (χ0) is 16.8. The smallest absolute Gasteiger partial charge is 0.223 e. The minimum Gasteiger partial charge on any atom is -0.378 e. The fraction of sp³-hybridized carbons (Fsp3) is 0.632. The van der Waals surface area contributed by atoms with Gasteiger partial charge in [-0.1, -0.05) is 30.3 Å². The third-order valence-corrected chi connectivity index (χ3v) is 5.20. The Labute approximate surface area is 144 Å². The lowest BCUT2D eigenvalue weighted by molar-refractivity contribution is -0.141. The fourth-order valence-corrected chi connectivity index (χ4v) is 3.86. The molecule has 2 fully saturated rings. The summed E-state index contributed by atoms with van der Waals surface area (Å²) in [5.41, 5.74) is 1.21. The highest BCUT2D eigenvalue weighted by Crippen LogP contribution is 2.33. The Hall–Kier alpha value is -1.43. The Bertz CT molecular complexity index is 523. The Morgan fingerprint density at radius 3 is 2.96 bits per heavy atom. The van der Waals surface area contributed by atoms with Crippen molar-refractivity contribution in [3.05, 3.63) is 35.9 Å². The van der Waals surface area contributed by atoms with Crippen molar-refractivity contribution in [2.24, 2.45) is 11.8 Å². The molecule has 132 valence electrons. The van der Waals surface area contributed by atoms with E-state index in [1.807, 2.05) is 18.2 Å². The molecule has 0 aliphatic carbocycles. The molecule has 0 bridgehead atoms. The van der Waals surface area contributed by atoms with Gasteiger partial charge in [0.05, 0.1) is 19.3 Å². The van der Waals surface area contributed by atoms with Crippen molar-refractivity contribution < 1.29 is 14.3 Å². The number of amides is 1. The zero-order valence-electron chi connectivity index (χ0n) is 14.4. The minimum atomic E-state index is 0.0850. The molecule has 2 heterocycles. The molecule has 24 heavy (non-hydrogen) atoms. The Balaban J connectivity index is 1.45. The number of likely N-dealkylation sites (tertiary alicyclic amines) is 1. The Morgan fingerprint density at radius 2 is 2.17 bits per heavy atom. The van der Waals surface area contributed by atoms with Crippen LogP contribution in [0.25, 0.3) is 0 Å². The number of ether oxygens (including phenoxy) is 2. The maximum atomic E-state index is 12.1. The van der Waals surface area contributed by atoms with Crippen molar-refractivity contribution in [3.63, 3.8) is 0 Å². The molecule has 1 aromatic rings. The van der Waals surface area contributed by atoms with Gasteiger partial charge in [-0.3, -0.25) is 4.79 Å². The van der Waals surface area contributed by atoms with Crippen molar-refractivity contribution in [2.45, 2.75) is 25.6 Å². The first-order valence-electron chi connectivity index (χ1n) is 8.95. The molecule has 0 saturated carbocycles. The molecule has 2 saturated heterocycles. The van der Waals surface area contributed by atoms with E-state index in [9.17, 15) is 4.79 Å². The first kappa shape index (κ1) is 17.4. The molecule has 3 rings (SSSR count). The summed E-state index contributed by atoms with van der Waals surface area (Å²) in [7, 11) is 1.73. The van der Waals surface area contributed by atoms with Crippen molar-refractivity contribution in [2.75, 3.05) is 39.9 Å². The second kappa shape index (κ2) is 8.60. The summed E-state index contributed by atoms with van der Waals surface area (Å²) < 4.78 is 11.7. The standard InChI is InChI=1S/C19H28N2O3/c1-20-19(22)16-8-11-24-18-7-9-21(13-17(16)18)10-12-23-14-15-5-3-2-4-6-15/h2-6,16-18H,7-14H2,1H3,(H,20,22)/t16-,17-,18-/m1/s1. The van der Waals surface area contributed by atoms with Gasteiger partial charge in [0.1, 0.15) is 0 Å². The molecule has 1 amide bonds. The molecular formula is C19H28N2O3. The van der Waals surface area contributed by atoms with Crippen LogP contribution in [-0.4, -0.2) is 56.8 Å². The van der Waals surface area contributed by atoms with Crippen molar-refractivity contribution in [3.8, 4) is 0 Å². The number of carbonyl (C=O) groups excluding carboxylic acids is 1. The van der Waals surface area contributed by atoms with E-state index in [0.29, 0.717) is 19.1 Å². The van der Waals surface area contributed by atoms with Crippen molar-refractivity contribution >= 4 is 5.91 Å². The number of hydrogen-bond acceptors (Lipinski definition) is 4. The molecule has 0 unspecified atom stereocenters. The second-order valence-corrected chi connectivity index (χ2v) is 6.71. The van der Waals surface area contributed by atoms with Gasteiger partial charge in [0.2, 0.25) is 5.91 Å². The SMILES string of the molecule is CNC(=O)[C@@H]1CCO[C@@H]2CCN(CCOCc3ccccc3)C[C@@H]21. The lowest BCUT2D eigenvalue weighted by atomic mass is 9.79. The monoisotopic (exact) mass is 332 g/mol. The average Bonchev–Trinajstić information content (AvgIpc) is 2.65. The van der Waals surface area contributed by atoms with Crippen LogP contribution in [0.1, 0.15) is 18.4 Å². The lowest BCUT2D eigenvalue weighted by Gasteiger charge is -2.44. The fourth-order valence-electron chi connectivity index (χ4n) is 3.86. The largest absolute Gasteiger partial charge is 0.378 e. The van der Waals surface area contributed by atoms with E-state index in [1.54, 1.807) is 7.05 Å². The Kier molecular flexibility index (Phi) is 6.24. The van der Waals surface area contributed by atoms with Crippen LogP contribution in [0.3, 0.4) is 0 Å². The van der Waals surface area contributed by atoms with E-state index in [4.69, 9.17) is 9.47 Å². The second-order valence-electron chi connectivity index (χ2n) is 6.71. The van der Waals surface area contributed by atoms with Gasteiger partial charge in [0.15, 0.2) is 0 Å². The predicted molar refractivity (Wildman–Crippen MR) is 92.6 cm³/mol. The first-order valence-corrected chi connectivity index (χ1v) is 8.95. The summed E-state index contributed by atoms with van der Waals surface area (Å²) in [5, 5.41) is 2.82. The highest BCUT2D eigenvalue weighted by Gasteiger charge is 2.41. The molecule has 1 aromatic carbocycles. The van der Waals surface area contributed by atoms with E-state index in [1.165, 1.54) is 5.56 Å². The van der Waals surface area contributed by atoms with Crippen molar-refractivity contribution in [1.82, 2.24) is 10.2 Å². The quantitative estimate of drug-likeness (QED) is 0.805. The van der Waals surface area contributed by atoms with E-state index in [0.717, 1.165) is 39.1 Å². The van der Waals surface area contributed by atoms with E-state index < -0.39 is 0 Å². The highest BCUT2D eigenvalue weighted by molar-refractivity contribution is 5.78. The Morgan fingerprint density at radius 1 is 1.33 bits per heavy atom. The zero-order valence-corrected chi connectivity index (χ0v) is 14.4. The number of nitrogens with zero attached hydrogens (tertiary/aromatic N) is 1. The molecule has 5 nitrogen and oxygen atoms in total. The number of hydrogen-bond donors (Lipinski definition) is 1. The molecule has 2 aliphatic rings. The summed E-state index contributed by atoms with van der Waals surface area (Å²) >= 11 is 0. The van der Waals surface area contributed by atoms with Crippen LogP contribution in [0.4, 0.5) is 0 Å². The topological polar surface area (TPSA) is 50.8 Å². The molecular weight excluding hydrogens is 304 g/mol. The normalized spacial score (nSPS) is 27.5. The molecule has 1 N–H and O–H groups in total. The molecule has 3 atom stereocenters. The van der Waals surface area contributed by atoms with Gasteiger partial charge in [0.25, 0.3) is 0 Å². The van der Waals surface area contributed by atoms with E-state index >= 15 is 0 Å². The number of piperidine rings is 1. The molecule has 0 radical (unpaired) electrons. The van der Waals surface area contributed by atoms with Crippen LogP contribution in [0.2, 0.25) is 0 Å². The minimum absolute atomic E-state index is 0.0850. The average molecular weight is 332 g/mol. The third-order valence-electron chi connectivity index (χ3n) is 5.20. The first-order chi connectivity index (χ1) is 11.8. The molecule has 5 heteroatoms. The number of rotatable bonds is 6. The summed E-state index contributed by atoms with van der Waals surface area (Å²) in [5.74, 6) is 0.554. The van der Waals surface area contributed by atoms with Crippen LogP contribution < -0.4 is 5.32 Å². The number of carbonyl (C=O) groups is 1. The lowest BCUT2D eigenvalue weighted by Crippen LogP contribution is -2.53. The highest BCUT2D eigenvalue weighted by atomic mass is 16.5. The van der Waals surface area contributed by atoms with Crippen LogP contribution in [-0.2, 0) is 20.9 Å². The molecule has 0 spiro atoms. The molecule has 0 aromatic heterocycles. The van der Waals surface area contributed by atoms with Gasteiger partial charge >= 0.3 is 0 Å². The van der Waals surface area contributed by atoms with Crippen LogP contribution >= 0.6 is 0 Å². The maximum Gasteiger partial charge on any atom is 0.223 e. The number of fused-ring (bicyclic) bond motifs is 1. The number of nitrogens with one attached hydrogen (secondary N) is 1. The maximum absolute atomic E-state index is 12.1. The van der Waals surface area contributed by atoms with Gasteiger partial charge in [-0.2, -0.15) is 0 Å². The summed E-state index contributed by atoms with van der Waals surface area (Å²) in [6.07, 6.45) is 2.08.